The van der Waals surface area contributed by atoms with Crippen LogP contribution >= 0.6 is 0 Å². The largest absolute Gasteiger partial charge is 0.462 e. The van der Waals surface area contributed by atoms with Crippen LogP contribution in [0.5, 0.6) is 0 Å². The van der Waals surface area contributed by atoms with Gasteiger partial charge >= 0.3 is 17.9 Å². The van der Waals surface area contributed by atoms with E-state index in [9.17, 15) is 14.4 Å². The van der Waals surface area contributed by atoms with Crippen LogP contribution in [-0.4, -0.2) is 37.2 Å². The molecule has 0 spiro atoms. The molecule has 6 nitrogen and oxygen atoms in total. The van der Waals surface area contributed by atoms with Crippen molar-refractivity contribution in [2.45, 2.75) is 252 Å². The summed E-state index contributed by atoms with van der Waals surface area (Å²) in [6, 6.07) is 0. The molecule has 0 rings (SSSR count). The highest BCUT2D eigenvalue weighted by atomic mass is 16.6. The Balaban J connectivity index is 4.46. The molecule has 0 aromatic heterocycles. The SMILES string of the molecule is CC\C=C/C=C\C=C/CCCCCCCC(=O)OCC(COC(=O)CCCCCCCCCCCCCCCCCCCCC)OC(=O)CC/C=C\C/C=C\C/C=C\C/C=C\C/C=C\CC. The maximum atomic E-state index is 12.8. The lowest BCUT2D eigenvalue weighted by Crippen LogP contribution is -2.30. The average molecular weight is 917 g/mol. The predicted molar refractivity (Wildman–Crippen MR) is 284 cm³/mol. The van der Waals surface area contributed by atoms with Gasteiger partial charge in [-0.05, 0) is 70.6 Å². The van der Waals surface area contributed by atoms with Gasteiger partial charge in [0.25, 0.3) is 0 Å². The van der Waals surface area contributed by atoms with E-state index in [0.29, 0.717) is 19.3 Å². The van der Waals surface area contributed by atoms with Gasteiger partial charge in [0.2, 0.25) is 0 Å². The van der Waals surface area contributed by atoms with Crippen LogP contribution in [0.25, 0.3) is 0 Å². The van der Waals surface area contributed by atoms with Gasteiger partial charge < -0.3 is 14.2 Å². The molecular weight excluding hydrogens is 817 g/mol. The third kappa shape index (κ3) is 51.3. The van der Waals surface area contributed by atoms with Gasteiger partial charge in [-0.2, -0.15) is 0 Å². The highest BCUT2D eigenvalue weighted by molar-refractivity contribution is 5.71. The van der Waals surface area contributed by atoms with Crippen molar-refractivity contribution < 1.29 is 28.6 Å². The zero-order valence-corrected chi connectivity index (χ0v) is 42.9. The number of esters is 3. The fourth-order valence-corrected chi connectivity index (χ4v) is 7.37. The summed E-state index contributed by atoms with van der Waals surface area (Å²) in [4.78, 5) is 38.0. The first kappa shape index (κ1) is 62.3. The molecule has 0 bridgehead atoms. The fraction of sp³-hybridized carbons (Fsp3) is 0.683. The molecule has 0 aromatic carbocycles. The summed E-state index contributed by atoms with van der Waals surface area (Å²) in [5.74, 6) is -1.02. The molecule has 376 valence electrons. The third-order valence-corrected chi connectivity index (χ3v) is 11.4. The minimum Gasteiger partial charge on any atom is -0.462 e. The Morgan fingerprint density at radius 1 is 0.333 bits per heavy atom. The van der Waals surface area contributed by atoms with Gasteiger partial charge in [-0.15, -0.1) is 0 Å². The van der Waals surface area contributed by atoms with Gasteiger partial charge in [-0.1, -0.05) is 253 Å². The first-order chi connectivity index (χ1) is 32.5. The molecule has 0 amide bonds. The number of hydrogen-bond donors (Lipinski definition) is 0. The van der Waals surface area contributed by atoms with E-state index in [-0.39, 0.29) is 31.6 Å². The summed E-state index contributed by atoms with van der Waals surface area (Å²) in [6.45, 7) is 6.32. The van der Waals surface area contributed by atoms with E-state index in [1.54, 1.807) is 0 Å². The molecule has 0 aromatic rings. The van der Waals surface area contributed by atoms with Gasteiger partial charge in [0, 0.05) is 19.3 Å². The number of ether oxygens (including phenoxy) is 3. The van der Waals surface area contributed by atoms with E-state index < -0.39 is 12.1 Å². The van der Waals surface area contributed by atoms with E-state index in [0.717, 1.165) is 96.3 Å². The van der Waals surface area contributed by atoms with Crippen molar-refractivity contribution in [3.8, 4) is 0 Å². The van der Waals surface area contributed by atoms with Gasteiger partial charge in [0.15, 0.2) is 6.10 Å². The van der Waals surface area contributed by atoms with Crippen molar-refractivity contribution >= 4 is 17.9 Å². The third-order valence-electron chi connectivity index (χ3n) is 11.4. The van der Waals surface area contributed by atoms with Crippen LogP contribution in [0.3, 0.4) is 0 Å². The van der Waals surface area contributed by atoms with Crippen LogP contribution in [0, 0.1) is 0 Å². The highest BCUT2D eigenvalue weighted by Gasteiger charge is 2.19. The van der Waals surface area contributed by atoms with Crippen LogP contribution in [0.15, 0.2) is 97.2 Å². The second-order valence-corrected chi connectivity index (χ2v) is 17.8. The van der Waals surface area contributed by atoms with Crippen molar-refractivity contribution in [1.82, 2.24) is 0 Å². The Morgan fingerprint density at radius 2 is 0.697 bits per heavy atom. The normalized spacial score (nSPS) is 12.8. The van der Waals surface area contributed by atoms with E-state index in [4.69, 9.17) is 14.2 Å². The Hall–Kier alpha value is -3.67. The number of allylic oxidation sites excluding steroid dienone is 16. The smallest absolute Gasteiger partial charge is 0.306 e. The Morgan fingerprint density at radius 3 is 1.12 bits per heavy atom. The van der Waals surface area contributed by atoms with Gasteiger partial charge in [-0.25, -0.2) is 0 Å². The number of unbranched alkanes of at least 4 members (excludes halogenated alkanes) is 23. The molecule has 66 heavy (non-hydrogen) atoms. The second-order valence-electron chi connectivity index (χ2n) is 17.8. The maximum absolute atomic E-state index is 12.8. The van der Waals surface area contributed by atoms with E-state index in [2.05, 4.69) is 106 Å². The number of carbonyl (C=O) groups is 3. The summed E-state index contributed by atoms with van der Waals surface area (Å²) in [5, 5.41) is 0. The topological polar surface area (TPSA) is 78.9 Å². The lowest BCUT2D eigenvalue weighted by atomic mass is 10.0. The summed E-state index contributed by atoms with van der Waals surface area (Å²) >= 11 is 0. The van der Waals surface area contributed by atoms with E-state index in [1.807, 2.05) is 12.2 Å². The van der Waals surface area contributed by atoms with Crippen molar-refractivity contribution in [1.29, 1.82) is 0 Å². The lowest BCUT2D eigenvalue weighted by Gasteiger charge is -2.18. The van der Waals surface area contributed by atoms with Crippen molar-refractivity contribution in [2.24, 2.45) is 0 Å². The maximum Gasteiger partial charge on any atom is 0.306 e. The number of rotatable bonds is 48. The molecule has 6 heteroatoms. The zero-order valence-electron chi connectivity index (χ0n) is 42.9. The molecular formula is C60H100O6. The monoisotopic (exact) mass is 917 g/mol. The van der Waals surface area contributed by atoms with Crippen LogP contribution in [0.2, 0.25) is 0 Å². The predicted octanol–water partition coefficient (Wildman–Crippen LogP) is 18.1. The minimum absolute atomic E-state index is 0.113. The Bertz CT molecular complexity index is 1330. The summed E-state index contributed by atoms with van der Waals surface area (Å²) in [7, 11) is 0. The van der Waals surface area contributed by atoms with E-state index >= 15 is 0 Å². The minimum atomic E-state index is -0.825. The first-order valence-electron chi connectivity index (χ1n) is 27.3. The first-order valence-corrected chi connectivity index (χ1v) is 27.3. The van der Waals surface area contributed by atoms with Crippen LogP contribution in [-0.2, 0) is 28.6 Å². The summed E-state index contributed by atoms with van der Waals surface area (Å²) in [5.41, 5.74) is 0. The summed E-state index contributed by atoms with van der Waals surface area (Å²) in [6.07, 6.45) is 71.3. The van der Waals surface area contributed by atoms with Crippen LogP contribution in [0.1, 0.15) is 245 Å². The molecule has 0 aliphatic rings. The molecule has 1 atom stereocenters. The molecule has 0 radical (unpaired) electrons. The zero-order chi connectivity index (χ0) is 47.9. The lowest BCUT2D eigenvalue weighted by molar-refractivity contribution is -0.166. The molecule has 0 aliphatic heterocycles. The van der Waals surface area contributed by atoms with E-state index in [1.165, 1.54) is 103 Å². The van der Waals surface area contributed by atoms with Crippen LogP contribution in [0.4, 0.5) is 0 Å². The van der Waals surface area contributed by atoms with Gasteiger partial charge in [0.1, 0.15) is 13.2 Å². The quantitative estimate of drug-likeness (QED) is 0.0199. The van der Waals surface area contributed by atoms with Crippen molar-refractivity contribution in [3.05, 3.63) is 97.2 Å². The second kappa shape index (κ2) is 53.9. The molecule has 0 N–H and O–H groups in total. The number of carbonyl (C=O) groups excluding carboxylic acids is 3. The standard InChI is InChI=1S/C60H100O6/c1-4-7-10-13-16-19-22-25-27-29-30-31-33-35-38-41-44-47-50-53-59(62)65-56-57(55-64-58(61)52-49-46-43-40-37-34-24-21-18-15-12-9-6-3)66-60(63)54-51-48-45-42-39-36-32-28-26-23-20-17-14-11-8-5-2/h8-9,11-12,15,17-18,20-21,24,26,28,36,39,45,48,57H,4-7,10,13-14,16,19,22-23,25,27,29-35,37-38,40-44,46-47,49-56H2,1-3H3/b11-8-,12-9-,18-15-,20-17-,24-21-,28-26-,39-36-,48-45-. The molecule has 0 heterocycles. The Labute approximate surface area is 407 Å². The van der Waals surface area contributed by atoms with Crippen LogP contribution < -0.4 is 0 Å². The van der Waals surface area contributed by atoms with Gasteiger partial charge in [-0.3, -0.25) is 14.4 Å². The summed E-state index contributed by atoms with van der Waals surface area (Å²) < 4.78 is 16.7. The molecule has 0 saturated heterocycles. The van der Waals surface area contributed by atoms with Gasteiger partial charge in [0.05, 0.1) is 0 Å². The van der Waals surface area contributed by atoms with Crippen molar-refractivity contribution in [3.63, 3.8) is 0 Å². The average Bonchev–Trinajstić information content (AvgIpc) is 3.31. The highest BCUT2D eigenvalue weighted by Crippen LogP contribution is 2.16. The molecule has 0 aliphatic carbocycles. The van der Waals surface area contributed by atoms with Crippen molar-refractivity contribution in [2.75, 3.05) is 13.2 Å². The molecule has 1 unspecified atom stereocenters. The number of hydrogen-bond acceptors (Lipinski definition) is 6. The Kier molecular flexibility index (Phi) is 50.9. The molecule has 0 saturated carbocycles. The fourth-order valence-electron chi connectivity index (χ4n) is 7.37. The molecule has 0 fully saturated rings.